The van der Waals surface area contributed by atoms with Gasteiger partial charge in [-0.25, -0.2) is 4.79 Å². The highest BCUT2D eigenvalue weighted by Crippen LogP contribution is 2.33. The molecule has 2 aromatic carbocycles. The maximum absolute atomic E-state index is 13.3. The molecule has 0 bridgehead atoms. The van der Waals surface area contributed by atoms with Crippen LogP contribution in [0.1, 0.15) is 30.3 Å². The van der Waals surface area contributed by atoms with Crippen LogP contribution in [-0.4, -0.2) is 31.8 Å². The van der Waals surface area contributed by atoms with Gasteiger partial charge < -0.3 is 16.4 Å². The number of hydrogen-bond acceptors (Lipinski definition) is 7. The van der Waals surface area contributed by atoms with Gasteiger partial charge in [-0.05, 0) is 30.5 Å². The van der Waals surface area contributed by atoms with Gasteiger partial charge in [-0.15, -0.1) is 0 Å². The molecule has 1 aliphatic rings. The van der Waals surface area contributed by atoms with Crippen molar-refractivity contribution in [2.24, 2.45) is 0 Å². The first-order valence-electron chi connectivity index (χ1n) is 9.95. The maximum Gasteiger partial charge on any atom is 0.325 e. The fourth-order valence-corrected chi connectivity index (χ4v) is 3.67. The fourth-order valence-electron chi connectivity index (χ4n) is 3.67. The van der Waals surface area contributed by atoms with Crippen molar-refractivity contribution in [2.45, 2.75) is 32.4 Å². The van der Waals surface area contributed by atoms with Gasteiger partial charge in [0.05, 0.1) is 6.54 Å². The van der Waals surface area contributed by atoms with E-state index in [1.165, 1.54) is 0 Å². The molecule has 3 aromatic rings. The van der Waals surface area contributed by atoms with Gasteiger partial charge in [0.15, 0.2) is 5.82 Å². The largest absolute Gasteiger partial charge is 0.368 e. The average Bonchev–Trinajstić information content (AvgIpc) is 3.01. The van der Waals surface area contributed by atoms with E-state index >= 15 is 0 Å². The molecule has 1 aliphatic heterocycles. The lowest BCUT2D eigenvalue weighted by Gasteiger charge is -2.25. The SMILES string of the molecule is CC[C@]1(c2ccccc2)NC(=O)N(Cc2nc(N)nc(Nc3ccccc3C)n2)C1=O. The quantitative estimate of drug-likeness (QED) is 0.526. The zero-order valence-electron chi connectivity index (χ0n) is 17.3. The van der Waals surface area contributed by atoms with Crippen LogP contribution in [0.2, 0.25) is 0 Å². The van der Waals surface area contributed by atoms with Crippen molar-refractivity contribution >= 4 is 29.5 Å². The van der Waals surface area contributed by atoms with Gasteiger partial charge in [-0.1, -0.05) is 55.5 Å². The second-order valence-electron chi connectivity index (χ2n) is 7.32. The standard InChI is InChI=1S/C22H23N7O2/c1-3-22(15-10-5-4-6-11-15)18(30)29(21(31)28-22)13-17-25-19(23)27-20(26-17)24-16-12-8-7-9-14(16)2/h4-12H,3,13H2,1-2H3,(H,28,31)(H3,23,24,25,26,27)/t22-/m1/s1. The highest BCUT2D eigenvalue weighted by Gasteiger charge is 2.51. The van der Waals surface area contributed by atoms with Crippen LogP contribution in [0.5, 0.6) is 0 Å². The van der Waals surface area contributed by atoms with E-state index in [2.05, 4.69) is 25.6 Å². The molecule has 3 amide bonds. The Morgan fingerprint density at radius 3 is 2.45 bits per heavy atom. The minimum atomic E-state index is -1.11. The molecule has 2 heterocycles. The van der Waals surface area contributed by atoms with E-state index in [9.17, 15) is 9.59 Å². The number of benzene rings is 2. The molecule has 1 fully saturated rings. The molecule has 158 valence electrons. The molecule has 4 N–H and O–H groups in total. The Kier molecular flexibility index (Phi) is 5.24. The third kappa shape index (κ3) is 3.77. The summed E-state index contributed by atoms with van der Waals surface area (Å²) in [5.74, 6) is 0.109. The lowest BCUT2D eigenvalue weighted by Crippen LogP contribution is -2.43. The average molecular weight is 417 g/mol. The van der Waals surface area contributed by atoms with Crippen molar-refractivity contribution in [1.29, 1.82) is 0 Å². The predicted molar refractivity (Wildman–Crippen MR) is 116 cm³/mol. The number of anilines is 3. The first-order valence-corrected chi connectivity index (χ1v) is 9.95. The number of nitrogens with one attached hydrogen (secondary N) is 2. The number of urea groups is 1. The number of rotatable bonds is 6. The number of nitrogen functional groups attached to an aromatic ring is 1. The Hall–Kier alpha value is -4.01. The van der Waals surface area contributed by atoms with E-state index in [1.807, 2.05) is 68.4 Å². The molecule has 0 radical (unpaired) electrons. The van der Waals surface area contributed by atoms with Gasteiger partial charge in [-0.3, -0.25) is 9.69 Å². The third-order valence-corrected chi connectivity index (χ3v) is 5.36. The number of carbonyl (C=O) groups is 2. The van der Waals surface area contributed by atoms with Crippen LogP contribution in [0.15, 0.2) is 54.6 Å². The summed E-state index contributed by atoms with van der Waals surface area (Å²) in [5, 5.41) is 5.96. The number of hydrogen-bond donors (Lipinski definition) is 3. The van der Waals surface area contributed by atoms with Gasteiger partial charge in [0.2, 0.25) is 11.9 Å². The summed E-state index contributed by atoms with van der Waals surface area (Å²) >= 11 is 0. The van der Waals surface area contributed by atoms with Crippen LogP contribution in [0.25, 0.3) is 0 Å². The molecule has 1 aromatic heterocycles. The van der Waals surface area contributed by atoms with E-state index in [1.54, 1.807) is 0 Å². The molecule has 9 nitrogen and oxygen atoms in total. The van der Waals surface area contributed by atoms with Gasteiger partial charge >= 0.3 is 6.03 Å². The molecular formula is C22H23N7O2. The van der Waals surface area contributed by atoms with Crippen molar-refractivity contribution in [1.82, 2.24) is 25.2 Å². The van der Waals surface area contributed by atoms with Crippen LogP contribution in [0, 0.1) is 6.92 Å². The van der Waals surface area contributed by atoms with E-state index < -0.39 is 11.6 Å². The Morgan fingerprint density at radius 2 is 1.74 bits per heavy atom. The molecule has 1 atom stereocenters. The lowest BCUT2D eigenvalue weighted by atomic mass is 9.87. The van der Waals surface area contributed by atoms with Gasteiger partial charge in [-0.2, -0.15) is 15.0 Å². The smallest absolute Gasteiger partial charge is 0.325 e. The van der Waals surface area contributed by atoms with Crippen molar-refractivity contribution < 1.29 is 9.59 Å². The van der Waals surface area contributed by atoms with Crippen molar-refractivity contribution in [3.8, 4) is 0 Å². The number of nitrogens with zero attached hydrogens (tertiary/aromatic N) is 4. The highest BCUT2D eigenvalue weighted by atomic mass is 16.2. The first-order chi connectivity index (χ1) is 14.9. The van der Waals surface area contributed by atoms with Crippen molar-refractivity contribution in [3.63, 3.8) is 0 Å². The number of aryl methyl sites for hydroxylation is 1. The monoisotopic (exact) mass is 417 g/mol. The maximum atomic E-state index is 13.3. The number of imide groups is 1. The third-order valence-electron chi connectivity index (χ3n) is 5.36. The molecule has 0 aliphatic carbocycles. The molecular weight excluding hydrogens is 394 g/mol. The molecule has 0 saturated carbocycles. The number of para-hydroxylation sites is 1. The molecule has 4 rings (SSSR count). The molecule has 31 heavy (non-hydrogen) atoms. The van der Waals surface area contributed by atoms with Crippen molar-refractivity contribution in [2.75, 3.05) is 11.1 Å². The molecule has 1 saturated heterocycles. The van der Waals surface area contributed by atoms with Crippen LogP contribution in [0.4, 0.5) is 22.4 Å². The minimum Gasteiger partial charge on any atom is -0.368 e. The summed E-state index contributed by atoms with van der Waals surface area (Å²) in [4.78, 5) is 39.7. The Labute approximate surface area is 179 Å². The summed E-state index contributed by atoms with van der Waals surface area (Å²) in [7, 11) is 0. The van der Waals surface area contributed by atoms with Gasteiger partial charge in [0.25, 0.3) is 5.91 Å². The summed E-state index contributed by atoms with van der Waals surface area (Å²) in [6.45, 7) is 3.70. The normalized spacial score (nSPS) is 18.2. The van der Waals surface area contributed by atoms with Gasteiger partial charge in [0, 0.05) is 5.69 Å². The molecule has 0 unspecified atom stereocenters. The zero-order valence-corrected chi connectivity index (χ0v) is 17.3. The Morgan fingerprint density at radius 1 is 1.03 bits per heavy atom. The summed E-state index contributed by atoms with van der Waals surface area (Å²) in [6, 6.07) is 16.4. The summed E-state index contributed by atoms with van der Waals surface area (Å²) in [6.07, 6.45) is 0.414. The van der Waals surface area contributed by atoms with E-state index in [-0.39, 0.29) is 30.2 Å². The van der Waals surface area contributed by atoms with E-state index in [0.717, 1.165) is 21.7 Å². The van der Waals surface area contributed by atoms with Gasteiger partial charge in [0.1, 0.15) is 5.54 Å². The topological polar surface area (TPSA) is 126 Å². The number of carbonyl (C=O) groups excluding carboxylic acids is 2. The zero-order chi connectivity index (χ0) is 22.0. The summed E-state index contributed by atoms with van der Waals surface area (Å²) in [5.41, 5.74) is 7.31. The second-order valence-corrected chi connectivity index (χ2v) is 7.32. The second kappa shape index (κ2) is 8.02. The number of nitrogens with two attached hydrogens (primary N) is 1. The van der Waals surface area contributed by atoms with Crippen LogP contribution in [-0.2, 0) is 16.9 Å². The first kappa shape index (κ1) is 20.3. The van der Waals surface area contributed by atoms with Crippen LogP contribution in [0.3, 0.4) is 0 Å². The van der Waals surface area contributed by atoms with Crippen LogP contribution >= 0.6 is 0 Å². The molecule has 0 spiro atoms. The number of aromatic nitrogens is 3. The lowest BCUT2D eigenvalue weighted by molar-refractivity contribution is -0.132. The summed E-state index contributed by atoms with van der Waals surface area (Å²) < 4.78 is 0. The molecule has 9 heteroatoms. The van der Waals surface area contributed by atoms with Crippen LogP contribution < -0.4 is 16.4 Å². The van der Waals surface area contributed by atoms with Crippen molar-refractivity contribution in [3.05, 3.63) is 71.5 Å². The Bertz CT molecular complexity index is 1140. The predicted octanol–water partition coefficient (Wildman–Crippen LogP) is 2.86. The Balaban J connectivity index is 1.61. The number of amides is 3. The fraction of sp³-hybridized carbons (Fsp3) is 0.227. The van der Waals surface area contributed by atoms with E-state index in [4.69, 9.17) is 5.73 Å². The minimum absolute atomic E-state index is 0.00190. The van der Waals surface area contributed by atoms with E-state index in [0.29, 0.717) is 6.42 Å². The highest BCUT2D eigenvalue weighted by molar-refractivity contribution is 6.07.